The molecule has 26 heavy (non-hydrogen) atoms. The first-order valence-corrected chi connectivity index (χ1v) is 9.80. The molecule has 0 fully saturated rings. The summed E-state index contributed by atoms with van der Waals surface area (Å²) >= 11 is 1.46. The van der Waals surface area contributed by atoms with Crippen LogP contribution in [0.25, 0.3) is 21.3 Å². The predicted octanol–water partition coefficient (Wildman–Crippen LogP) is 3.69. The highest BCUT2D eigenvalue weighted by Crippen LogP contribution is 2.32. The summed E-state index contributed by atoms with van der Waals surface area (Å²) in [6, 6.07) is 7.53. The van der Waals surface area contributed by atoms with Crippen LogP contribution < -0.4 is 11.3 Å². The van der Waals surface area contributed by atoms with Gasteiger partial charge in [0.2, 0.25) is 5.91 Å². The molecule has 0 saturated heterocycles. The largest absolute Gasteiger partial charge is 0.368 e. The van der Waals surface area contributed by atoms with Crippen LogP contribution >= 0.6 is 11.3 Å². The smallest absolute Gasteiger partial charge is 0.263 e. The zero-order chi connectivity index (χ0) is 18.8. The number of thiophene rings is 1. The molecule has 3 aromatic rings. The average Bonchev–Trinajstić information content (AvgIpc) is 3.08. The van der Waals surface area contributed by atoms with E-state index in [1.54, 1.807) is 0 Å². The van der Waals surface area contributed by atoms with E-state index in [9.17, 15) is 9.59 Å². The van der Waals surface area contributed by atoms with Crippen LogP contribution in [0.4, 0.5) is 0 Å². The van der Waals surface area contributed by atoms with E-state index in [1.807, 2.05) is 31.4 Å². The van der Waals surface area contributed by atoms with Crippen LogP contribution in [0, 0.1) is 0 Å². The molecule has 6 heteroatoms. The Morgan fingerprint density at radius 3 is 2.42 bits per heavy atom. The normalized spacial score (nSPS) is 12.4. The van der Waals surface area contributed by atoms with Crippen molar-refractivity contribution >= 4 is 27.5 Å². The fourth-order valence-electron chi connectivity index (χ4n) is 3.26. The van der Waals surface area contributed by atoms with Crippen LogP contribution in [0.3, 0.4) is 0 Å². The monoisotopic (exact) mass is 369 g/mol. The van der Waals surface area contributed by atoms with E-state index in [-0.39, 0.29) is 5.56 Å². The highest BCUT2D eigenvalue weighted by Gasteiger charge is 2.23. The number of nitrogens with zero attached hydrogens (tertiary/aromatic N) is 2. The van der Waals surface area contributed by atoms with Gasteiger partial charge in [-0.1, -0.05) is 45.0 Å². The van der Waals surface area contributed by atoms with E-state index in [0.29, 0.717) is 28.9 Å². The Balaban J connectivity index is 2.28. The maximum absolute atomic E-state index is 13.3. The lowest BCUT2D eigenvalue weighted by Gasteiger charge is -2.18. The highest BCUT2D eigenvalue weighted by molar-refractivity contribution is 7.17. The Bertz CT molecular complexity index is 1000. The lowest BCUT2D eigenvalue weighted by molar-refractivity contribution is -0.121. The van der Waals surface area contributed by atoms with E-state index in [4.69, 9.17) is 5.73 Å². The topological polar surface area (TPSA) is 78.0 Å². The molecule has 2 aromatic heterocycles. The van der Waals surface area contributed by atoms with Crippen molar-refractivity contribution in [2.45, 2.75) is 46.1 Å². The summed E-state index contributed by atoms with van der Waals surface area (Å²) in [6.07, 6.45) is 1.99. The number of primary amides is 1. The summed E-state index contributed by atoms with van der Waals surface area (Å²) in [4.78, 5) is 30.6. The molecule has 1 aromatic carbocycles. The van der Waals surface area contributed by atoms with Crippen molar-refractivity contribution in [3.05, 3.63) is 51.4 Å². The van der Waals surface area contributed by atoms with Gasteiger partial charge in [-0.25, -0.2) is 4.98 Å². The molecular formula is C20H23N3O2S. The molecule has 3 rings (SSSR count). The number of rotatable bonds is 6. The molecule has 0 aliphatic rings. The van der Waals surface area contributed by atoms with Crippen molar-refractivity contribution in [3.63, 3.8) is 0 Å². The Labute approximate surface area is 156 Å². The first-order valence-electron chi connectivity index (χ1n) is 8.92. The molecular weight excluding hydrogens is 346 g/mol. The van der Waals surface area contributed by atoms with Crippen LogP contribution in [0.15, 0.2) is 34.4 Å². The molecule has 136 valence electrons. The zero-order valence-corrected chi connectivity index (χ0v) is 16.1. The first kappa shape index (κ1) is 18.3. The van der Waals surface area contributed by atoms with Crippen LogP contribution in [0.2, 0.25) is 0 Å². The van der Waals surface area contributed by atoms with Crippen LogP contribution in [0.5, 0.6) is 0 Å². The quantitative estimate of drug-likeness (QED) is 0.720. The SMILES string of the molecule is CCc1ccc(-c2csc3nc(CC)n(C(CC)C(N)=O)c(=O)c23)cc1. The number of carbonyl (C=O) groups excluding carboxylic acids is 1. The number of hydrogen-bond acceptors (Lipinski definition) is 4. The lowest BCUT2D eigenvalue weighted by Crippen LogP contribution is -2.36. The van der Waals surface area contributed by atoms with Crippen molar-refractivity contribution in [2.75, 3.05) is 0 Å². The standard InChI is InChI=1S/C20H23N3O2S/c1-4-12-7-9-13(10-8-12)14-11-26-19-17(14)20(25)23(16(6-3)22-19)15(5-2)18(21)24/h7-11,15H,4-6H2,1-3H3,(H2,21,24). The minimum Gasteiger partial charge on any atom is -0.368 e. The molecule has 0 bridgehead atoms. The molecule has 2 heterocycles. The fraction of sp³-hybridized carbons (Fsp3) is 0.350. The lowest BCUT2D eigenvalue weighted by atomic mass is 10.0. The van der Waals surface area contributed by atoms with E-state index in [2.05, 4.69) is 24.0 Å². The molecule has 0 radical (unpaired) electrons. The maximum Gasteiger partial charge on any atom is 0.263 e. The first-order chi connectivity index (χ1) is 12.5. The second-order valence-corrected chi connectivity index (χ2v) is 7.12. The van der Waals surface area contributed by atoms with Gasteiger partial charge in [0.1, 0.15) is 16.7 Å². The van der Waals surface area contributed by atoms with Gasteiger partial charge in [-0.05, 0) is 24.0 Å². The number of carbonyl (C=O) groups is 1. The number of nitrogens with two attached hydrogens (primary N) is 1. The third-order valence-electron chi connectivity index (χ3n) is 4.73. The number of benzene rings is 1. The van der Waals surface area contributed by atoms with Crippen molar-refractivity contribution in [2.24, 2.45) is 5.73 Å². The summed E-state index contributed by atoms with van der Waals surface area (Å²) in [5.74, 6) is 0.0948. The number of amides is 1. The number of aromatic nitrogens is 2. The molecule has 1 atom stereocenters. The van der Waals surface area contributed by atoms with Gasteiger partial charge >= 0.3 is 0 Å². The van der Waals surface area contributed by atoms with Gasteiger partial charge in [-0.2, -0.15) is 0 Å². The Morgan fingerprint density at radius 2 is 1.88 bits per heavy atom. The summed E-state index contributed by atoms with van der Waals surface area (Å²) in [6.45, 7) is 5.89. The van der Waals surface area contributed by atoms with Crippen molar-refractivity contribution in [1.29, 1.82) is 0 Å². The molecule has 1 unspecified atom stereocenters. The fourth-order valence-corrected chi connectivity index (χ4v) is 4.22. The van der Waals surface area contributed by atoms with Crippen LogP contribution in [-0.2, 0) is 17.6 Å². The number of fused-ring (bicyclic) bond motifs is 1. The molecule has 2 N–H and O–H groups in total. The molecule has 1 amide bonds. The summed E-state index contributed by atoms with van der Waals surface area (Å²) in [7, 11) is 0. The van der Waals surface area contributed by atoms with E-state index >= 15 is 0 Å². The molecule has 0 spiro atoms. The van der Waals surface area contributed by atoms with Crippen LogP contribution in [-0.4, -0.2) is 15.5 Å². The Morgan fingerprint density at radius 1 is 1.19 bits per heavy atom. The minimum atomic E-state index is -0.676. The van der Waals surface area contributed by atoms with Gasteiger partial charge in [0.25, 0.3) is 5.56 Å². The minimum absolute atomic E-state index is 0.187. The number of hydrogen-bond donors (Lipinski definition) is 1. The van der Waals surface area contributed by atoms with E-state index in [0.717, 1.165) is 17.5 Å². The van der Waals surface area contributed by atoms with Gasteiger partial charge in [-0.15, -0.1) is 11.3 Å². The van der Waals surface area contributed by atoms with Gasteiger partial charge in [0, 0.05) is 17.4 Å². The molecule has 0 saturated carbocycles. The van der Waals surface area contributed by atoms with Crippen molar-refractivity contribution in [3.8, 4) is 11.1 Å². The molecule has 5 nitrogen and oxygen atoms in total. The Kier molecular flexibility index (Phi) is 5.23. The van der Waals surface area contributed by atoms with Gasteiger partial charge in [0.15, 0.2) is 0 Å². The second-order valence-electron chi connectivity index (χ2n) is 6.26. The number of aryl methyl sites for hydroxylation is 2. The van der Waals surface area contributed by atoms with E-state index < -0.39 is 11.9 Å². The molecule has 0 aliphatic heterocycles. The third kappa shape index (κ3) is 3.05. The van der Waals surface area contributed by atoms with Gasteiger partial charge in [0.05, 0.1) is 5.39 Å². The highest BCUT2D eigenvalue weighted by atomic mass is 32.1. The van der Waals surface area contributed by atoms with Gasteiger partial charge < -0.3 is 5.73 Å². The van der Waals surface area contributed by atoms with Crippen LogP contribution in [0.1, 0.15) is 44.6 Å². The summed E-state index contributed by atoms with van der Waals surface area (Å²) < 4.78 is 1.49. The predicted molar refractivity (Wildman–Crippen MR) is 107 cm³/mol. The Hall–Kier alpha value is -2.47. The zero-order valence-electron chi connectivity index (χ0n) is 15.3. The van der Waals surface area contributed by atoms with E-state index in [1.165, 1.54) is 21.5 Å². The van der Waals surface area contributed by atoms with Gasteiger partial charge in [-0.3, -0.25) is 14.2 Å². The summed E-state index contributed by atoms with van der Waals surface area (Å²) in [5.41, 5.74) is 8.45. The maximum atomic E-state index is 13.3. The van der Waals surface area contributed by atoms with Crippen molar-refractivity contribution < 1.29 is 4.79 Å². The van der Waals surface area contributed by atoms with Crippen molar-refractivity contribution in [1.82, 2.24) is 9.55 Å². The second kappa shape index (κ2) is 7.41. The molecule has 0 aliphatic carbocycles. The summed E-state index contributed by atoms with van der Waals surface area (Å²) in [5, 5.41) is 2.53. The third-order valence-corrected chi connectivity index (χ3v) is 5.60. The average molecular weight is 369 g/mol.